The lowest BCUT2D eigenvalue weighted by molar-refractivity contribution is -0.870. The van der Waals surface area contributed by atoms with E-state index in [4.69, 9.17) is 9.47 Å². The molecule has 0 aromatic carbocycles. The molecular weight excluding hydrogens is 198 g/mol. The van der Waals surface area contributed by atoms with Gasteiger partial charge in [-0.1, -0.05) is 0 Å². The van der Waals surface area contributed by atoms with Crippen LogP contribution in [0.2, 0.25) is 0 Å². The predicted molar refractivity (Wildman–Crippen MR) is 62.9 cm³/mol. The standard InChI is InChI=1S/C10H24NO2S/c1-11(2,3)5-6-12-7-8-13-9-10-14-4/h5-10H2,1-4H3/q+1. The molecule has 0 aliphatic rings. The average Bonchev–Trinajstić information content (AvgIpc) is 2.08. The van der Waals surface area contributed by atoms with Crippen molar-refractivity contribution in [3.8, 4) is 0 Å². The number of nitrogens with zero attached hydrogens (tertiary/aromatic N) is 1. The predicted octanol–water partition coefficient (Wildman–Crippen LogP) is 1.09. The molecule has 0 heterocycles. The van der Waals surface area contributed by atoms with Crippen LogP contribution in [0.4, 0.5) is 0 Å². The van der Waals surface area contributed by atoms with E-state index in [1.807, 2.05) is 0 Å². The maximum Gasteiger partial charge on any atom is 0.102 e. The number of quaternary nitrogens is 1. The lowest BCUT2D eigenvalue weighted by Crippen LogP contribution is -2.37. The summed E-state index contributed by atoms with van der Waals surface area (Å²) in [6.45, 7) is 4.13. The van der Waals surface area contributed by atoms with Crippen molar-refractivity contribution >= 4 is 11.8 Å². The van der Waals surface area contributed by atoms with E-state index >= 15 is 0 Å². The zero-order valence-corrected chi connectivity index (χ0v) is 10.7. The first-order chi connectivity index (χ1) is 6.56. The third kappa shape index (κ3) is 12.2. The Kier molecular flexibility index (Phi) is 8.67. The maximum atomic E-state index is 5.44. The summed E-state index contributed by atoms with van der Waals surface area (Å²) in [5.74, 6) is 1.07. The molecule has 0 aromatic heterocycles. The molecule has 0 N–H and O–H groups in total. The lowest BCUT2D eigenvalue weighted by atomic mass is 10.5. The molecule has 0 aliphatic carbocycles. The Morgan fingerprint density at radius 1 is 0.929 bits per heavy atom. The number of rotatable bonds is 9. The van der Waals surface area contributed by atoms with E-state index in [1.165, 1.54) is 0 Å². The first-order valence-corrected chi connectivity index (χ1v) is 6.40. The van der Waals surface area contributed by atoms with Crippen LogP contribution in [-0.4, -0.2) is 70.6 Å². The SMILES string of the molecule is CSCCOCCOCC[N+](C)(C)C. The minimum Gasteiger partial charge on any atom is -0.378 e. The minimum absolute atomic E-state index is 0.717. The van der Waals surface area contributed by atoms with E-state index in [1.54, 1.807) is 11.8 Å². The smallest absolute Gasteiger partial charge is 0.102 e. The molecule has 86 valence electrons. The Morgan fingerprint density at radius 3 is 2.00 bits per heavy atom. The fourth-order valence-electron chi connectivity index (χ4n) is 0.803. The molecule has 0 radical (unpaired) electrons. The molecular formula is C10H24NO2S+. The van der Waals surface area contributed by atoms with Crippen molar-refractivity contribution in [3.63, 3.8) is 0 Å². The first kappa shape index (κ1) is 14.2. The van der Waals surface area contributed by atoms with Crippen LogP contribution in [0.5, 0.6) is 0 Å². The van der Waals surface area contributed by atoms with Gasteiger partial charge in [0.25, 0.3) is 0 Å². The summed E-state index contributed by atoms with van der Waals surface area (Å²) in [4.78, 5) is 0. The summed E-state index contributed by atoms with van der Waals surface area (Å²) in [7, 11) is 6.50. The van der Waals surface area contributed by atoms with Crippen molar-refractivity contribution in [1.29, 1.82) is 0 Å². The highest BCUT2D eigenvalue weighted by atomic mass is 32.2. The minimum atomic E-state index is 0.717. The van der Waals surface area contributed by atoms with Crippen LogP contribution >= 0.6 is 11.8 Å². The molecule has 0 spiro atoms. The maximum absolute atomic E-state index is 5.44. The molecule has 0 fully saturated rings. The normalized spacial score (nSPS) is 12.0. The number of likely N-dealkylation sites (N-methyl/N-ethyl adjacent to an activating group) is 1. The van der Waals surface area contributed by atoms with Gasteiger partial charge in [-0.2, -0.15) is 11.8 Å². The Labute approximate surface area is 92.3 Å². The van der Waals surface area contributed by atoms with Crippen LogP contribution in [0.15, 0.2) is 0 Å². The summed E-state index contributed by atoms with van der Waals surface area (Å²) >= 11 is 1.80. The van der Waals surface area contributed by atoms with Crippen molar-refractivity contribution in [2.45, 2.75) is 0 Å². The number of thioether (sulfide) groups is 1. The van der Waals surface area contributed by atoms with E-state index in [0.29, 0.717) is 6.61 Å². The quantitative estimate of drug-likeness (QED) is 0.430. The van der Waals surface area contributed by atoms with Crippen molar-refractivity contribution < 1.29 is 14.0 Å². The zero-order chi connectivity index (χ0) is 10.9. The molecule has 14 heavy (non-hydrogen) atoms. The number of ether oxygens (including phenoxy) is 2. The van der Waals surface area contributed by atoms with Gasteiger partial charge in [-0.15, -0.1) is 0 Å². The lowest BCUT2D eigenvalue weighted by Gasteiger charge is -2.23. The van der Waals surface area contributed by atoms with Crippen LogP contribution in [0.1, 0.15) is 0 Å². The van der Waals surface area contributed by atoms with E-state index < -0.39 is 0 Å². The third-order valence-corrected chi connectivity index (χ3v) is 2.29. The van der Waals surface area contributed by atoms with Gasteiger partial charge < -0.3 is 14.0 Å². The molecule has 0 aliphatic heterocycles. The van der Waals surface area contributed by atoms with E-state index in [0.717, 1.165) is 36.6 Å². The fraction of sp³-hybridized carbons (Fsp3) is 1.00. The van der Waals surface area contributed by atoms with Gasteiger partial charge >= 0.3 is 0 Å². The van der Waals surface area contributed by atoms with Crippen molar-refractivity contribution in [2.75, 3.05) is 66.1 Å². The monoisotopic (exact) mass is 222 g/mol. The fourth-order valence-corrected chi connectivity index (χ4v) is 1.09. The molecule has 0 amide bonds. The summed E-state index contributed by atoms with van der Waals surface area (Å²) in [5.41, 5.74) is 0. The summed E-state index contributed by atoms with van der Waals surface area (Å²) in [5, 5.41) is 0. The third-order valence-electron chi connectivity index (χ3n) is 1.71. The van der Waals surface area contributed by atoms with E-state index in [2.05, 4.69) is 27.4 Å². The molecule has 0 unspecified atom stereocenters. The van der Waals surface area contributed by atoms with Gasteiger partial charge in [0.2, 0.25) is 0 Å². The highest BCUT2D eigenvalue weighted by molar-refractivity contribution is 7.98. The van der Waals surface area contributed by atoms with Gasteiger partial charge in [-0.3, -0.25) is 0 Å². The topological polar surface area (TPSA) is 18.5 Å². The van der Waals surface area contributed by atoms with Crippen LogP contribution < -0.4 is 0 Å². The molecule has 0 bridgehead atoms. The average molecular weight is 222 g/mol. The van der Waals surface area contributed by atoms with E-state index in [-0.39, 0.29) is 0 Å². The van der Waals surface area contributed by atoms with Crippen LogP contribution in [0, 0.1) is 0 Å². The van der Waals surface area contributed by atoms with Gasteiger partial charge in [-0.05, 0) is 6.26 Å². The Morgan fingerprint density at radius 2 is 1.50 bits per heavy atom. The van der Waals surface area contributed by atoms with Gasteiger partial charge in [0, 0.05) is 5.75 Å². The highest BCUT2D eigenvalue weighted by Gasteiger charge is 2.05. The van der Waals surface area contributed by atoms with Crippen molar-refractivity contribution in [2.24, 2.45) is 0 Å². The van der Waals surface area contributed by atoms with Gasteiger partial charge in [0.1, 0.15) is 6.54 Å². The van der Waals surface area contributed by atoms with Gasteiger partial charge in [0.15, 0.2) is 0 Å². The molecule has 0 rings (SSSR count). The second-order valence-corrected chi connectivity index (χ2v) is 5.22. The Balaban J connectivity index is 2.99. The van der Waals surface area contributed by atoms with Crippen molar-refractivity contribution in [1.82, 2.24) is 0 Å². The summed E-state index contributed by atoms with van der Waals surface area (Å²) in [6.07, 6.45) is 2.08. The van der Waals surface area contributed by atoms with Gasteiger partial charge in [0.05, 0.1) is 47.6 Å². The molecule has 4 heteroatoms. The Hall–Kier alpha value is 0.230. The molecule has 3 nitrogen and oxygen atoms in total. The first-order valence-electron chi connectivity index (χ1n) is 5.01. The summed E-state index contributed by atoms with van der Waals surface area (Å²) in [6, 6.07) is 0. The second kappa shape index (κ2) is 8.53. The van der Waals surface area contributed by atoms with E-state index in [9.17, 15) is 0 Å². The molecule has 0 saturated heterocycles. The van der Waals surface area contributed by atoms with Gasteiger partial charge in [-0.25, -0.2) is 0 Å². The summed E-state index contributed by atoms with van der Waals surface area (Å²) < 4.78 is 11.7. The second-order valence-electron chi connectivity index (χ2n) is 4.23. The van der Waals surface area contributed by atoms with Crippen LogP contribution in [-0.2, 0) is 9.47 Å². The highest BCUT2D eigenvalue weighted by Crippen LogP contribution is 1.91. The number of hydrogen-bond acceptors (Lipinski definition) is 3. The van der Waals surface area contributed by atoms with Crippen LogP contribution in [0.25, 0.3) is 0 Å². The molecule has 0 aromatic rings. The zero-order valence-electron chi connectivity index (χ0n) is 9.91. The van der Waals surface area contributed by atoms with Crippen molar-refractivity contribution in [3.05, 3.63) is 0 Å². The molecule has 0 atom stereocenters. The molecule has 0 saturated carbocycles. The number of hydrogen-bond donors (Lipinski definition) is 0. The Bertz CT molecular complexity index is 126. The largest absolute Gasteiger partial charge is 0.378 e. The van der Waals surface area contributed by atoms with Crippen LogP contribution in [0.3, 0.4) is 0 Å².